The van der Waals surface area contributed by atoms with E-state index in [4.69, 9.17) is 23.2 Å². The Morgan fingerprint density at radius 2 is 1.52 bits per heavy atom. The zero-order valence-electron chi connectivity index (χ0n) is 23.9. The van der Waals surface area contributed by atoms with Crippen molar-refractivity contribution < 1.29 is 22.4 Å². The number of amides is 2. The average Bonchev–Trinajstić information content (AvgIpc) is 2.95. The Labute approximate surface area is 257 Å². The van der Waals surface area contributed by atoms with E-state index in [0.717, 1.165) is 15.9 Å². The molecule has 0 saturated heterocycles. The maximum absolute atomic E-state index is 14.9. The molecule has 2 unspecified atom stereocenters. The van der Waals surface area contributed by atoms with Gasteiger partial charge in [-0.2, -0.15) is 12.7 Å². The molecule has 3 rings (SSSR count). The molecule has 226 valence electrons. The van der Waals surface area contributed by atoms with Crippen molar-refractivity contribution in [3.05, 3.63) is 99.8 Å². The summed E-state index contributed by atoms with van der Waals surface area (Å²) in [6.07, 6.45) is 0.771. The van der Waals surface area contributed by atoms with Crippen LogP contribution in [-0.4, -0.2) is 62.2 Å². The second kappa shape index (κ2) is 14.8. The zero-order valence-corrected chi connectivity index (χ0v) is 26.3. The van der Waals surface area contributed by atoms with E-state index < -0.39 is 40.4 Å². The van der Waals surface area contributed by atoms with Gasteiger partial charge in [0.05, 0.1) is 5.69 Å². The number of halogens is 3. The maximum Gasteiger partial charge on any atom is 0.304 e. The van der Waals surface area contributed by atoms with Gasteiger partial charge in [-0.1, -0.05) is 78.7 Å². The number of hydrogen-bond acceptors (Lipinski definition) is 4. The van der Waals surface area contributed by atoms with Crippen LogP contribution < -0.4 is 9.62 Å². The fraction of sp³-hybridized carbons (Fsp3) is 0.333. The van der Waals surface area contributed by atoms with Crippen molar-refractivity contribution in [2.24, 2.45) is 0 Å². The van der Waals surface area contributed by atoms with Crippen molar-refractivity contribution >= 4 is 50.9 Å². The molecule has 0 aliphatic rings. The van der Waals surface area contributed by atoms with Gasteiger partial charge in [-0.05, 0) is 43.2 Å². The van der Waals surface area contributed by atoms with E-state index in [1.165, 1.54) is 37.2 Å². The number of nitrogens with zero attached hydrogens (tertiary/aromatic N) is 3. The van der Waals surface area contributed by atoms with Crippen molar-refractivity contribution in [1.82, 2.24) is 14.5 Å². The highest BCUT2D eigenvalue weighted by Gasteiger charge is 2.36. The van der Waals surface area contributed by atoms with Crippen LogP contribution in [0.1, 0.15) is 31.4 Å². The second-order valence-corrected chi connectivity index (χ2v) is 12.9. The number of carbonyl (C=O) groups excluding carboxylic acids is 2. The van der Waals surface area contributed by atoms with Gasteiger partial charge < -0.3 is 10.2 Å². The van der Waals surface area contributed by atoms with Crippen LogP contribution in [0.5, 0.6) is 0 Å². The fourth-order valence-electron chi connectivity index (χ4n) is 4.20. The number of para-hydroxylation sites is 1. The molecule has 1 N–H and O–H groups in total. The van der Waals surface area contributed by atoms with Gasteiger partial charge in [0.15, 0.2) is 0 Å². The van der Waals surface area contributed by atoms with Crippen LogP contribution in [0.4, 0.5) is 10.1 Å². The Hall–Kier alpha value is -3.18. The van der Waals surface area contributed by atoms with Crippen molar-refractivity contribution in [3.63, 3.8) is 0 Å². The summed E-state index contributed by atoms with van der Waals surface area (Å²) in [6.45, 7) is 2.78. The van der Waals surface area contributed by atoms with Gasteiger partial charge in [0.1, 0.15) is 18.4 Å². The van der Waals surface area contributed by atoms with E-state index in [1.807, 2.05) is 44.2 Å². The van der Waals surface area contributed by atoms with Gasteiger partial charge in [0, 0.05) is 48.7 Å². The van der Waals surface area contributed by atoms with Crippen molar-refractivity contribution in [2.75, 3.05) is 24.9 Å². The summed E-state index contributed by atoms with van der Waals surface area (Å²) < 4.78 is 43.3. The van der Waals surface area contributed by atoms with Gasteiger partial charge in [0.2, 0.25) is 11.8 Å². The number of benzene rings is 3. The van der Waals surface area contributed by atoms with Gasteiger partial charge in [-0.25, -0.2) is 8.70 Å². The summed E-state index contributed by atoms with van der Waals surface area (Å²) in [5.74, 6) is -2.01. The Morgan fingerprint density at radius 3 is 2.10 bits per heavy atom. The molecule has 0 fully saturated rings. The highest BCUT2D eigenvalue weighted by Crippen LogP contribution is 2.29. The molecule has 8 nitrogen and oxygen atoms in total. The van der Waals surface area contributed by atoms with Crippen LogP contribution in [0.15, 0.2) is 72.8 Å². The van der Waals surface area contributed by atoms with E-state index in [1.54, 1.807) is 18.2 Å². The molecule has 0 aliphatic carbocycles. The predicted octanol–water partition coefficient (Wildman–Crippen LogP) is 5.30. The third-order valence-electron chi connectivity index (χ3n) is 6.80. The molecule has 0 aliphatic heterocycles. The summed E-state index contributed by atoms with van der Waals surface area (Å²) in [7, 11) is -1.76. The number of nitrogens with one attached hydrogen (secondary N) is 1. The summed E-state index contributed by atoms with van der Waals surface area (Å²) in [4.78, 5) is 29.3. The first-order valence-corrected chi connectivity index (χ1v) is 15.5. The largest absolute Gasteiger partial charge is 0.352 e. The average molecular weight is 638 g/mol. The van der Waals surface area contributed by atoms with Crippen molar-refractivity contribution in [1.29, 1.82) is 0 Å². The minimum atomic E-state index is -4.33. The zero-order chi connectivity index (χ0) is 31.0. The smallest absolute Gasteiger partial charge is 0.304 e. The number of rotatable bonds is 13. The SMILES string of the molecule is CCC(C)NC(=O)C(Cc1ccccc1)N(Cc1c(Cl)cccc1Cl)C(=O)CN(c1ccccc1F)S(=O)(=O)N(C)C. The highest BCUT2D eigenvalue weighted by atomic mass is 35.5. The fourth-order valence-corrected chi connectivity index (χ4v) is 5.79. The van der Waals surface area contributed by atoms with Gasteiger partial charge in [0.25, 0.3) is 0 Å². The highest BCUT2D eigenvalue weighted by molar-refractivity contribution is 7.90. The maximum atomic E-state index is 14.9. The Balaban J connectivity index is 2.16. The van der Waals surface area contributed by atoms with Crippen LogP contribution in [0.3, 0.4) is 0 Å². The third-order valence-corrected chi connectivity index (χ3v) is 9.32. The lowest BCUT2D eigenvalue weighted by Gasteiger charge is -2.35. The summed E-state index contributed by atoms with van der Waals surface area (Å²) in [5.41, 5.74) is 0.854. The van der Waals surface area contributed by atoms with E-state index in [0.29, 0.717) is 16.3 Å². The van der Waals surface area contributed by atoms with E-state index in [9.17, 15) is 22.4 Å². The Bertz CT molecular complexity index is 1470. The van der Waals surface area contributed by atoms with Crippen molar-refractivity contribution in [3.8, 4) is 0 Å². The van der Waals surface area contributed by atoms with Crippen LogP contribution >= 0.6 is 23.2 Å². The molecular weight excluding hydrogens is 602 g/mol. The second-order valence-electron chi connectivity index (χ2n) is 9.99. The van der Waals surface area contributed by atoms with Gasteiger partial charge >= 0.3 is 10.2 Å². The lowest BCUT2D eigenvalue weighted by atomic mass is 10.0. The first kappa shape index (κ1) is 33.3. The van der Waals surface area contributed by atoms with E-state index in [2.05, 4.69) is 5.32 Å². The number of anilines is 1. The predicted molar refractivity (Wildman–Crippen MR) is 165 cm³/mol. The number of hydrogen-bond donors (Lipinski definition) is 1. The summed E-state index contributed by atoms with van der Waals surface area (Å²) >= 11 is 13.0. The van der Waals surface area contributed by atoms with Crippen LogP contribution in [0.2, 0.25) is 10.0 Å². The quantitative estimate of drug-likeness (QED) is 0.276. The van der Waals surface area contributed by atoms with Crippen LogP contribution in [-0.2, 0) is 32.8 Å². The third kappa shape index (κ3) is 8.22. The number of carbonyl (C=O) groups is 2. The summed E-state index contributed by atoms with van der Waals surface area (Å²) in [5, 5.41) is 3.49. The molecule has 0 radical (unpaired) electrons. The molecule has 2 atom stereocenters. The lowest BCUT2D eigenvalue weighted by molar-refractivity contribution is -0.140. The van der Waals surface area contributed by atoms with E-state index >= 15 is 0 Å². The molecule has 0 saturated carbocycles. The monoisotopic (exact) mass is 636 g/mol. The molecule has 2 amide bonds. The normalized spacial score (nSPS) is 13.0. The molecular formula is C30H35Cl2FN4O4S. The van der Waals surface area contributed by atoms with Gasteiger partial charge in [-0.15, -0.1) is 0 Å². The first-order valence-electron chi connectivity index (χ1n) is 13.4. The Kier molecular flexibility index (Phi) is 11.8. The topological polar surface area (TPSA) is 90.0 Å². The van der Waals surface area contributed by atoms with Crippen molar-refractivity contribution in [2.45, 2.75) is 45.3 Å². The van der Waals surface area contributed by atoms with Gasteiger partial charge in [-0.3, -0.25) is 9.59 Å². The van der Waals surface area contributed by atoms with E-state index in [-0.39, 0.29) is 34.7 Å². The standard InChI is InChI=1S/C30H35Cl2FN4O4S/c1-5-21(2)34-30(39)28(18-22-12-7-6-8-13-22)36(19-23-24(31)14-11-15-25(23)32)29(38)20-37(42(40,41)35(3)4)27-17-10-9-16-26(27)33/h6-17,21,28H,5,18-20H2,1-4H3,(H,34,39). The lowest BCUT2D eigenvalue weighted by Crippen LogP contribution is -2.55. The molecule has 0 bridgehead atoms. The van der Waals surface area contributed by atoms with Crippen LogP contribution in [0, 0.1) is 5.82 Å². The molecule has 42 heavy (non-hydrogen) atoms. The molecule has 0 heterocycles. The minimum absolute atomic E-state index is 0.122. The van der Waals surface area contributed by atoms with Crippen LogP contribution in [0.25, 0.3) is 0 Å². The molecule has 0 spiro atoms. The first-order chi connectivity index (χ1) is 19.9. The summed E-state index contributed by atoms with van der Waals surface area (Å²) in [6, 6.07) is 18.0. The molecule has 3 aromatic carbocycles. The molecule has 12 heteroatoms. The Morgan fingerprint density at radius 1 is 0.929 bits per heavy atom. The molecule has 3 aromatic rings. The minimum Gasteiger partial charge on any atom is -0.352 e. The molecule has 0 aromatic heterocycles.